The fourth-order valence-corrected chi connectivity index (χ4v) is 4.39. The molecule has 0 spiro atoms. The highest BCUT2D eigenvalue weighted by atomic mass is 32.1. The summed E-state index contributed by atoms with van der Waals surface area (Å²) < 4.78 is 13.5. The number of aromatic nitrogens is 2. The molecule has 1 aromatic carbocycles. The van der Waals surface area contributed by atoms with Gasteiger partial charge in [-0.25, -0.2) is 4.79 Å². The SMILES string of the molecule is O=c1[nH]c(=S)c(C2=C3C=CC=CC3Oc3ccccc32)cn1[C@H]1C[C@H](O)[C@@H](CO)O1. The lowest BCUT2D eigenvalue weighted by molar-refractivity contribution is -0.0459. The van der Waals surface area contributed by atoms with Gasteiger partial charge in [0.1, 0.15) is 28.8 Å². The van der Waals surface area contributed by atoms with Crippen molar-refractivity contribution in [3.8, 4) is 5.75 Å². The Morgan fingerprint density at radius 2 is 2.07 bits per heavy atom. The van der Waals surface area contributed by atoms with Crippen LogP contribution in [0.4, 0.5) is 0 Å². The maximum Gasteiger partial charge on any atom is 0.328 e. The number of nitrogens with zero attached hydrogens (tertiary/aromatic N) is 1. The van der Waals surface area contributed by atoms with Crippen LogP contribution < -0.4 is 10.4 Å². The minimum Gasteiger partial charge on any atom is -0.481 e. The smallest absolute Gasteiger partial charge is 0.328 e. The first-order valence-electron chi connectivity index (χ1n) is 9.72. The van der Waals surface area contributed by atoms with Crippen molar-refractivity contribution in [2.24, 2.45) is 0 Å². The molecule has 2 aromatic rings. The third-order valence-electron chi connectivity index (χ3n) is 5.61. The molecule has 154 valence electrons. The summed E-state index contributed by atoms with van der Waals surface area (Å²) in [5.41, 5.74) is 2.96. The molecule has 2 aliphatic heterocycles. The number of aliphatic hydroxyl groups excluding tert-OH is 2. The summed E-state index contributed by atoms with van der Waals surface area (Å²) in [6.45, 7) is -0.319. The predicted octanol–water partition coefficient (Wildman–Crippen LogP) is 2.24. The van der Waals surface area contributed by atoms with Gasteiger partial charge in [-0.05, 0) is 12.1 Å². The summed E-state index contributed by atoms with van der Waals surface area (Å²) in [5.74, 6) is 0.737. The van der Waals surface area contributed by atoms with E-state index in [1.807, 2.05) is 48.6 Å². The van der Waals surface area contributed by atoms with Gasteiger partial charge < -0.3 is 19.7 Å². The van der Waals surface area contributed by atoms with Gasteiger partial charge >= 0.3 is 5.69 Å². The van der Waals surface area contributed by atoms with E-state index in [0.717, 1.165) is 22.5 Å². The molecule has 0 radical (unpaired) electrons. The molecule has 0 amide bonds. The number of ether oxygens (including phenoxy) is 2. The van der Waals surface area contributed by atoms with Gasteiger partial charge in [0, 0.05) is 34.9 Å². The van der Waals surface area contributed by atoms with Crippen LogP contribution in [0.5, 0.6) is 5.75 Å². The standard InChI is InChI=1S/C22H20N2O5S/c25-11-18-15(26)9-19(29-18)24-10-14(21(30)23-22(24)27)20-12-5-1-3-7-16(12)28-17-8-4-2-6-13(17)20/h1-8,10,15-16,18-19,25-26H,9,11H2,(H,23,27,30)/t15-,16?,18+,19+/m0/s1. The Bertz CT molecular complexity index is 1210. The Hall–Kier alpha value is -2.78. The van der Waals surface area contributed by atoms with Crippen molar-refractivity contribution < 1.29 is 19.7 Å². The lowest BCUT2D eigenvalue weighted by Crippen LogP contribution is -2.29. The van der Waals surface area contributed by atoms with Crippen LogP contribution in [0.1, 0.15) is 23.8 Å². The van der Waals surface area contributed by atoms with E-state index in [1.54, 1.807) is 6.20 Å². The largest absolute Gasteiger partial charge is 0.481 e. The minimum absolute atomic E-state index is 0.200. The number of hydrogen-bond acceptors (Lipinski definition) is 6. The van der Waals surface area contributed by atoms with Crippen LogP contribution >= 0.6 is 12.2 Å². The monoisotopic (exact) mass is 424 g/mol. The van der Waals surface area contributed by atoms with Crippen molar-refractivity contribution in [2.45, 2.75) is 31.0 Å². The zero-order chi connectivity index (χ0) is 20.8. The van der Waals surface area contributed by atoms with E-state index in [-0.39, 0.29) is 19.1 Å². The van der Waals surface area contributed by atoms with Crippen LogP contribution in [0.25, 0.3) is 5.57 Å². The summed E-state index contributed by atoms with van der Waals surface area (Å²) in [5, 5.41) is 19.5. The quantitative estimate of drug-likeness (QED) is 0.654. The third-order valence-corrected chi connectivity index (χ3v) is 5.93. The van der Waals surface area contributed by atoms with Gasteiger partial charge in [-0.1, -0.05) is 48.6 Å². The highest BCUT2D eigenvalue weighted by Crippen LogP contribution is 2.41. The first kappa shape index (κ1) is 19.2. The van der Waals surface area contributed by atoms with Crippen LogP contribution in [0.15, 0.2) is 65.1 Å². The third kappa shape index (κ3) is 3.09. The molecule has 3 N–H and O–H groups in total. The summed E-state index contributed by atoms with van der Waals surface area (Å²) in [6, 6.07) is 7.70. The number of rotatable bonds is 3. The zero-order valence-electron chi connectivity index (χ0n) is 15.9. The molecule has 0 saturated carbocycles. The number of aromatic amines is 1. The average molecular weight is 424 g/mol. The van der Waals surface area contributed by atoms with Crippen LogP contribution in [0.2, 0.25) is 0 Å². The number of hydrogen-bond donors (Lipinski definition) is 3. The van der Waals surface area contributed by atoms with Crippen LogP contribution in [-0.2, 0) is 4.74 Å². The lowest BCUT2D eigenvalue weighted by Gasteiger charge is -2.30. The number of fused-ring (bicyclic) bond motifs is 2. The molecular formula is C22H20N2O5S. The molecule has 7 nitrogen and oxygen atoms in total. The van der Waals surface area contributed by atoms with Gasteiger partial charge in [-0.15, -0.1) is 0 Å². The summed E-state index contributed by atoms with van der Waals surface area (Å²) >= 11 is 5.53. The van der Waals surface area contributed by atoms with Crippen molar-refractivity contribution >= 4 is 17.8 Å². The Balaban J connectivity index is 1.69. The van der Waals surface area contributed by atoms with E-state index < -0.39 is 24.1 Å². The summed E-state index contributed by atoms with van der Waals surface area (Å²) in [7, 11) is 0. The molecule has 1 saturated heterocycles. The molecule has 1 aromatic heterocycles. The average Bonchev–Trinajstić information content (AvgIpc) is 3.13. The highest BCUT2D eigenvalue weighted by Gasteiger charge is 2.35. The van der Waals surface area contributed by atoms with E-state index in [4.69, 9.17) is 21.7 Å². The molecule has 8 heteroatoms. The topological polar surface area (TPSA) is 96.7 Å². The second kappa shape index (κ2) is 7.48. The normalized spacial score (nSPS) is 27.0. The Kier molecular flexibility index (Phi) is 4.79. The van der Waals surface area contributed by atoms with Gasteiger partial charge in [0.15, 0.2) is 0 Å². The Morgan fingerprint density at radius 3 is 2.87 bits per heavy atom. The number of para-hydroxylation sites is 1. The van der Waals surface area contributed by atoms with Gasteiger partial charge in [0.05, 0.1) is 12.7 Å². The summed E-state index contributed by atoms with van der Waals surface area (Å²) in [4.78, 5) is 15.4. The number of aliphatic hydroxyl groups is 2. The Labute approximate surface area is 177 Å². The predicted molar refractivity (Wildman–Crippen MR) is 113 cm³/mol. The van der Waals surface area contributed by atoms with E-state index in [0.29, 0.717) is 10.2 Å². The van der Waals surface area contributed by atoms with E-state index >= 15 is 0 Å². The Morgan fingerprint density at radius 1 is 1.23 bits per heavy atom. The van der Waals surface area contributed by atoms with E-state index in [2.05, 4.69) is 4.98 Å². The molecule has 1 fully saturated rings. The number of allylic oxidation sites excluding steroid dienone is 2. The molecular weight excluding hydrogens is 404 g/mol. The van der Waals surface area contributed by atoms with E-state index in [1.165, 1.54) is 4.57 Å². The molecule has 3 aliphatic rings. The highest BCUT2D eigenvalue weighted by molar-refractivity contribution is 7.71. The first-order chi connectivity index (χ1) is 14.6. The maximum atomic E-state index is 12.6. The number of benzene rings is 1. The van der Waals surface area contributed by atoms with Crippen LogP contribution in [-0.4, -0.2) is 44.7 Å². The molecule has 4 atom stereocenters. The van der Waals surface area contributed by atoms with Crippen molar-refractivity contribution in [3.63, 3.8) is 0 Å². The fraction of sp³-hybridized carbons (Fsp3) is 0.273. The second-order valence-corrected chi connectivity index (χ2v) is 7.84. The van der Waals surface area contributed by atoms with Crippen LogP contribution in [0, 0.1) is 4.64 Å². The van der Waals surface area contributed by atoms with Gasteiger partial charge in [0.2, 0.25) is 0 Å². The molecule has 30 heavy (non-hydrogen) atoms. The molecule has 3 heterocycles. The first-order valence-corrected chi connectivity index (χ1v) is 10.1. The van der Waals surface area contributed by atoms with Crippen molar-refractivity contribution in [3.05, 3.63) is 86.6 Å². The van der Waals surface area contributed by atoms with Crippen molar-refractivity contribution in [1.29, 1.82) is 0 Å². The van der Waals surface area contributed by atoms with Crippen molar-refractivity contribution in [2.75, 3.05) is 6.61 Å². The molecule has 1 unspecified atom stereocenters. The maximum absolute atomic E-state index is 12.6. The number of H-pyrrole nitrogens is 1. The lowest BCUT2D eigenvalue weighted by atomic mass is 9.87. The van der Waals surface area contributed by atoms with E-state index in [9.17, 15) is 15.0 Å². The second-order valence-electron chi connectivity index (χ2n) is 7.43. The van der Waals surface area contributed by atoms with Crippen LogP contribution in [0.3, 0.4) is 0 Å². The molecule has 1 aliphatic carbocycles. The van der Waals surface area contributed by atoms with Gasteiger partial charge in [-0.2, -0.15) is 0 Å². The van der Waals surface area contributed by atoms with Gasteiger partial charge in [0.25, 0.3) is 0 Å². The molecule has 0 bridgehead atoms. The molecule has 5 rings (SSSR count). The zero-order valence-corrected chi connectivity index (χ0v) is 16.7. The summed E-state index contributed by atoms with van der Waals surface area (Å²) in [6.07, 6.45) is 7.17. The number of nitrogens with one attached hydrogen (secondary N) is 1. The fourth-order valence-electron chi connectivity index (χ4n) is 4.15. The van der Waals surface area contributed by atoms with Crippen molar-refractivity contribution in [1.82, 2.24) is 9.55 Å². The minimum atomic E-state index is -0.847. The van der Waals surface area contributed by atoms with Gasteiger partial charge in [-0.3, -0.25) is 9.55 Å².